The van der Waals surface area contributed by atoms with Gasteiger partial charge in [-0.2, -0.15) is 0 Å². The number of nitrogens with zero attached hydrogens (tertiary/aromatic N) is 1. The van der Waals surface area contributed by atoms with Crippen LogP contribution in [0, 0.1) is 13.8 Å². The molecule has 0 aliphatic heterocycles. The molecule has 0 amide bonds. The van der Waals surface area contributed by atoms with Crippen LogP contribution in [0.1, 0.15) is 23.9 Å². The summed E-state index contributed by atoms with van der Waals surface area (Å²) in [5, 5.41) is 3.66. The molecule has 0 aromatic carbocycles. The van der Waals surface area contributed by atoms with E-state index >= 15 is 0 Å². The minimum absolute atomic E-state index is 0.117. The van der Waals surface area contributed by atoms with E-state index in [-0.39, 0.29) is 10.9 Å². The van der Waals surface area contributed by atoms with Gasteiger partial charge in [0.25, 0.3) is 0 Å². The number of aryl methyl sites for hydroxylation is 2. The van der Waals surface area contributed by atoms with Crippen LogP contribution in [0.3, 0.4) is 0 Å². The maximum atomic E-state index is 12.2. The van der Waals surface area contributed by atoms with Gasteiger partial charge in [0.15, 0.2) is 5.76 Å². The number of nitrogens with one attached hydrogen (secondary N) is 1. The quantitative estimate of drug-likeness (QED) is 0.904. The van der Waals surface area contributed by atoms with Crippen LogP contribution in [0.4, 0.5) is 0 Å². The highest BCUT2D eigenvalue weighted by Gasteiger charge is 2.25. The maximum absolute atomic E-state index is 12.2. The molecule has 19 heavy (non-hydrogen) atoms. The number of hydrogen-bond acceptors (Lipinski definition) is 5. The summed E-state index contributed by atoms with van der Waals surface area (Å²) in [5.74, 6) is 0.292. The highest BCUT2D eigenvalue weighted by molar-refractivity contribution is 7.89. The van der Waals surface area contributed by atoms with E-state index in [1.54, 1.807) is 39.4 Å². The predicted molar refractivity (Wildman–Crippen MR) is 68.2 cm³/mol. The van der Waals surface area contributed by atoms with Crippen molar-refractivity contribution in [1.82, 2.24) is 9.88 Å². The fourth-order valence-electron chi connectivity index (χ4n) is 1.99. The molecule has 0 bridgehead atoms. The van der Waals surface area contributed by atoms with Crippen LogP contribution >= 0.6 is 0 Å². The van der Waals surface area contributed by atoms with Crippen LogP contribution in [-0.4, -0.2) is 19.6 Å². The number of rotatable bonds is 5. The molecule has 2 aromatic heterocycles. The van der Waals surface area contributed by atoms with Crippen molar-refractivity contribution in [2.45, 2.75) is 38.1 Å². The van der Waals surface area contributed by atoms with Crippen LogP contribution in [0.15, 0.2) is 32.4 Å². The Kier molecular flexibility index (Phi) is 3.77. The van der Waals surface area contributed by atoms with Gasteiger partial charge in [0.2, 0.25) is 10.0 Å². The topological polar surface area (TPSA) is 85.3 Å². The zero-order valence-electron chi connectivity index (χ0n) is 11.0. The first-order valence-corrected chi connectivity index (χ1v) is 7.34. The molecular formula is C12H16N2O4S. The molecule has 0 saturated heterocycles. The molecule has 104 valence electrons. The molecule has 0 fully saturated rings. The van der Waals surface area contributed by atoms with Crippen LogP contribution in [-0.2, 0) is 16.4 Å². The van der Waals surface area contributed by atoms with E-state index in [0.717, 1.165) is 5.56 Å². The summed E-state index contributed by atoms with van der Waals surface area (Å²) in [6.45, 7) is 4.98. The molecular weight excluding hydrogens is 268 g/mol. The molecule has 0 aliphatic rings. The number of hydrogen-bond donors (Lipinski definition) is 1. The van der Waals surface area contributed by atoms with Gasteiger partial charge < -0.3 is 8.94 Å². The van der Waals surface area contributed by atoms with Crippen LogP contribution < -0.4 is 4.72 Å². The van der Waals surface area contributed by atoms with Crippen molar-refractivity contribution in [3.05, 3.63) is 35.6 Å². The first kappa shape index (κ1) is 13.8. The average Bonchev–Trinajstić information content (AvgIpc) is 2.88. The van der Waals surface area contributed by atoms with E-state index < -0.39 is 10.0 Å². The van der Waals surface area contributed by atoms with Crippen molar-refractivity contribution in [3.8, 4) is 0 Å². The number of furan rings is 1. The fraction of sp³-hybridized carbons (Fsp3) is 0.417. The van der Waals surface area contributed by atoms with E-state index in [9.17, 15) is 8.42 Å². The van der Waals surface area contributed by atoms with Crippen molar-refractivity contribution < 1.29 is 17.4 Å². The van der Waals surface area contributed by atoms with E-state index in [2.05, 4.69) is 9.88 Å². The third kappa shape index (κ3) is 3.05. The monoisotopic (exact) mass is 284 g/mol. The lowest BCUT2D eigenvalue weighted by Gasteiger charge is -2.12. The second-order valence-electron chi connectivity index (χ2n) is 4.51. The molecule has 6 nitrogen and oxygen atoms in total. The maximum Gasteiger partial charge on any atom is 0.246 e. The van der Waals surface area contributed by atoms with Crippen LogP contribution in [0.25, 0.3) is 0 Å². The smallest absolute Gasteiger partial charge is 0.246 e. The molecule has 0 spiro atoms. The minimum atomic E-state index is -3.62. The van der Waals surface area contributed by atoms with Gasteiger partial charge in [0.05, 0.1) is 12.5 Å². The Bertz CT molecular complexity index is 624. The normalized spacial score (nSPS) is 13.6. The molecule has 0 radical (unpaired) electrons. The zero-order valence-corrected chi connectivity index (χ0v) is 11.8. The van der Waals surface area contributed by atoms with Crippen molar-refractivity contribution in [3.63, 3.8) is 0 Å². The zero-order chi connectivity index (χ0) is 14.0. The Balaban J connectivity index is 2.13. The summed E-state index contributed by atoms with van der Waals surface area (Å²) < 4.78 is 36.9. The van der Waals surface area contributed by atoms with Gasteiger partial charge in [0, 0.05) is 6.04 Å². The Morgan fingerprint density at radius 3 is 2.68 bits per heavy atom. The van der Waals surface area contributed by atoms with E-state index in [1.807, 2.05) is 0 Å². The second kappa shape index (κ2) is 5.18. The van der Waals surface area contributed by atoms with Crippen molar-refractivity contribution in [2.75, 3.05) is 0 Å². The molecule has 2 aromatic rings. The third-order valence-electron chi connectivity index (χ3n) is 2.71. The van der Waals surface area contributed by atoms with E-state index in [1.165, 1.54) is 0 Å². The standard InChI is InChI=1S/C12H16N2O4S/c1-8(6-11-4-5-17-7-11)14-19(15,16)12-9(2)13-18-10(12)3/h4-5,7-8,14H,6H2,1-3H3/t8-/m0/s1. The van der Waals surface area contributed by atoms with E-state index in [0.29, 0.717) is 17.9 Å². The first-order chi connectivity index (χ1) is 8.90. The molecule has 1 atom stereocenters. The van der Waals surface area contributed by atoms with Crippen molar-refractivity contribution in [2.24, 2.45) is 0 Å². The van der Waals surface area contributed by atoms with Crippen molar-refractivity contribution >= 4 is 10.0 Å². The summed E-state index contributed by atoms with van der Waals surface area (Å²) >= 11 is 0. The fourth-order valence-corrected chi connectivity index (χ4v) is 3.56. The van der Waals surface area contributed by atoms with E-state index in [4.69, 9.17) is 8.94 Å². The summed E-state index contributed by atoms with van der Waals surface area (Å²) in [4.78, 5) is 0.117. The van der Waals surface area contributed by atoms with Crippen molar-refractivity contribution in [1.29, 1.82) is 0 Å². The average molecular weight is 284 g/mol. The highest BCUT2D eigenvalue weighted by Crippen LogP contribution is 2.19. The summed E-state index contributed by atoms with van der Waals surface area (Å²) in [7, 11) is -3.62. The second-order valence-corrected chi connectivity index (χ2v) is 6.16. The lowest BCUT2D eigenvalue weighted by atomic mass is 10.1. The molecule has 1 N–H and O–H groups in total. The summed E-state index contributed by atoms with van der Waals surface area (Å²) in [5.41, 5.74) is 1.30. The number of aromatic nitrogens is 1. The molecule has 0 aliphatic carbocycles. The van der Waals surface area contributed by atoms with Crippen LogP contribution in [0.2, 0.25) is 0 Å². The highest BCUT2D eigenvalue weighted by atomic mass is 32.2. The predicted octanol–water partition coefficient (Wildman–Crippen LogP) is 1.79. The molecule has 2 rings (SSSR count). The van der Waals surface area contributed by atoms with Gasteiger partial charge >= 0.3 is 0 Å². The van der Waals surface area contributed by atoms with Crippen LogP contribution in [0.5, 0.6) is 0 Å². The third-order valence-corrected chi connectivity index (χ3v) is 4.55. The van der Waals surface area contributed by atoms with Gasteiger partial charge in [-0.15, -0.1) is 0 Å². The van der Waals surface area contributed by atoms with Gasteiger partial charge in [0.1, 0.15) is 10.6 Å². The molecule has 0 unspecified atom stereocenters. The molecule has 0 saturated carbocycles. The van der Waals surface area contributed by atoms with Gasteiger partial charge in [-0.05, 0) is 38.8 Å². The number of sulfonamides is 1. The molecule has 2 heterocycles. The summed E-state index contributed by atoms with van der Waals surface area (Å²) in [6, 6.07) is 1.55. The SMILES string of the molecule is Cc1noc(C)c1S(=O)(=O)N[C@@H](C)Cc1ccoc1. The first-order valence-electron chi connectivity index (χ1n) is 5.86. The Hall–Kier alpha value is -1.60. The van der Waals surface area contributed by atoms with Gasteiger partial charge in [-0.3, -0.25) is 0 Å². The van der Waals surface area contributed by atoms with Gasteiger partial charge in [-0.25, -0.2) is 13.1 Å². The Labute approximate surface area is 111 Å². The minimum Gasteiger partial charge on any atom is -0.472 e. The lowest BCUT2D eigenvalue weighted by molar-refractivity contribution is 0.390. The summed E-state index contributed by atoms with van der Waals surface area (Å²) in [6.07, 6.45) is 3.71. The molecule has 7 heteroatoms. The van der Waals surface area contributed by atoms with Gasteiger partial charge in [-0.1, -0.05) is 5.16 Å². The Morgan fingerprint density at radius 1 is 1.42 bits per heavy atom. The Morgan fingerprint density at radius 2 is 2.16 bits per heavy atom. The lowest BCUT2D eigenvalue weighted by Crippen LogP contribution is -2.34. The largest absolute Gasteiger partial charge is 0.472 e.